The SMILES string of the molecule is COc1cc(-c2nc(=S)cc(CC(C)C)[nH]2)ncn1. The highest BCUT2D eigenvalue weighted by Crippen LogP contribution is 2.17. The number of H-pyrrole nitrogens is 1. The molecule has 0 spiro atoms. The Balaban J connectivity index is 2.43. The van der Waals surface area contributed by atoms with Crippen LogP contribution in [0.1, 0.15) is 19.5 Å². The normalized spacial score (nSPS) is 10.7. The molecule has 2 aromatic rings. The molecule has 6 heteroatoms. The molecule has 2 heterocycles. The second-order valence-electron chi connectivity index (χ2n) is 4.64. The lowest BCUT2D eigenvalue weighted by atomic mass is 10.1. The number of aromatic nitrogens is 4. The van der Waals surface area contributed by atoms with Crippen LogP contribution in [0.25, 0.3) is 11.5 Å². The molecule has 0 radical (unpaired) electrons. The topological polar surface area (TPSA) is 63.7 Å². The van der Waals surface area contributed by atoms with Gasteiger partial charge in [0.15, 0.2) is 5.82 Å². The Hall–Kier alpha value is -1.82. The Labute approximate surface area is 117 Å². The summed E-state index contributed by atoms with van der Waals surface area (Å²) < 4.78 is 5.64. The van der Waals surface area contributed by atoms with Crippen molar-refractivity contribution in [2.75, 3.05) is 7.11 Å². The van der Waals surface area contributed by atoms with Crippen molar-refractivity contribution in [2.45, 2.75) is 20.3 Å². The first-order valence-corrected chi connectivity index (χ1v) is 6.46. The monoisotopic (exact) mass is 276 g/mol. The zero-order valence-electron chi connectivity index (χ0n) is 11.2. The van der Waals surface area contributed by atoms with Gasteiger partial charge in [0.1, 0.15) is 16.7 Å². The van der Waals surface area contributed by atoms with Gasteiger partial charge in [0.2, 0.25) is 5.88 Å². The average molecular weight is 276 g/mol. The number of methoxy groups -OCH3 is 1. The van der Waals surface area contributed by atoms with Gasteiger partial charge in [0, 0.05) is 11.8 Å². The standard InChI is InChI=1S/C13H16N4OS/c1-8(2)4-9-5-12(19)17-13(16-9)10-6-11(18-3)15-7-14-10/h5-8H,4H2,1-3H3,(H,16,17,19). The lowest BCUT2D eigenvalue weighted by molar-refractivity contribution is 0.397. The first-order chi connectivity index (χ1) is 9.08. The molecular weight excluding hydrogens is 260 g/mol. The van der Waals surface area contributed by atoms with Gasteiger partial charge < -0.3 is 9.72 Å². The van der Waals surface area contributed by atoms with E-state index in [1.165, 1.54) is 6.33 Å². The molecule has 0 fully saturated rings. The van der Waals surface area contributed by atoms with Crippen LogP contribution in [0.15, 0.2) is 18.5 Å². The number of rotatable bonds is 4. The maximum absolute atomic E-state index is 5.20. The molecule has 2 aromatic heterocycles. The predicted molar refractivity (Wildman–Crippen MR) is 75.5 cm³/mol. The van der Waals surface area contributed by atoms with Crippen LogP contribution < -0.4 is 4.74 Å². The molecular formula is C13H16N4OS. The molecule has 0 bridgehead atoms. The smallest absolute Gasteiger partial charge is 0.216 e. The first-order valence-electron chi connectivity index (χ1n) is 6.05. The third-order valence-electron chi connectivity index (χ3n) is 2.52. The summed E-state index contributed by atoms with van der Waals surface area (Å²) in [5.41, 5.74) is 1.73. The highest BCUT2D eigenvalue weighted by molar-refractivity contribution is 7.71. The van der Waals surface area contributed by atoms with Crippen LogP contribution in [-0.2, 0) is 6.42 Å². The van der Waals surface area contributed by atoms with Crippen molar-refractivity contribution >= 4 is 12.2 Å². The number of hydrogen-bond donors (Lipinski definition) is 1. The van der Waals surface area contributed by atoms with Crippen molar-refractivity contribution in [3.63, 3.8) is 0 Å². The molecule has 19 heavy (non-hydrogen) atoms. The van der Waals surface area contributed by atoms with Gasteiger partial charge in [-0.15, -0.1) is 0 Å². The van der Waals surface area contributed by atoms with Gasteiger partial charge in [0.25, 0.3) is 0 Å². The molecule has 2 rings (SSSR count). The van der Waals surface area contributed by atoms with E-state index in [1.54, 1.807) is 13.2 Å². The molecule has 0 aliphatic carbocycles. The van der Waals surface area contributed by atoms with Crippen LogP contribution in [0.3, 0.4) is 0 Å². The Bertz CT molecular complexity index is 624. The predicted octanol–water partition coefficient (Wildman–Crippen LogP) is 2.80. The van der Waals surface area contributed by atoms with Gasteiger partial charge in [-0.1, -0.05) is 26.1 Å². The fraction of sp³-hybridized carbons (Fsp3) is 0.385. The average Bonchev–Trinajstić information content (AvgIpc) is 2.37. The minimum Gasteiger partial charge on any atom is -0.481 e. The Morgan fingerprint density at radius 1 is 1.32 bits per heavy atom. The van der Waals surface area contributed by atoms with Crippen molar-refractivity contribution in [2.24, 2.45) is 5.92 Å². The Morgan fingerprint density at radius 2 is 2.11 bits per heavy atom. The summed E-state index contributed by atoms with van der Waals surface area (Å²) in [5.74, 6) is 1.69. The lowest BCUT2D eigenvalue weighted by Gasteiger charge is -2.08. The molecule has 0 amide bonds. The van der Waals surface area contributed by atoms with Crippen LogP contribution in [0.2, 0.25) is 0 Å². The van der Waals surface area contributed by atoms with E-state index in [9.17, 15) is 0 Å². The van der Waals surface area contributed by atoms with Crippen molar-refractivity contribution in [1.82, 2.24) is 19.9 Å². The molecule has 0 saturated carbocycles. The summed E-state index contributed by atoms with van der Waals surface area (Å²) in [6.45, 7) is 4.31. The van der Waals surface area contributed by atoms with E-state index in [1.807, 2.05) is 6.07 Å². The molecule has 0 aromatic carbocycles. The Morgan fingerprint density at radius 3 is 2.79 bits per heavy atom. The molecule has 0 saturated heterocycles. The fourth-order valence-corrected chi connectivity index (χ4v) is 1.99. The number of aromatic amines is 1. The first kappa shape index (κ1) is 13.6. The second kappa shape index (κ2) is 5.88. The summed E-state index contributed by atoms with van der Waals surface area (Å²) in [6.07, 6.45) is 2.36. The molecule has 5 nitrogen and oxygen atoms in total. The van der Waals surface area contributed by atoms with Crippen LogP contribution in [-0.4, -0.2) is 27.0 Å². The fourth-order valence-electron chi connectivity index (χ4n) is 1.76. The summed E-state index contributed by atoms with van der Waals surface area (Å²) in [4.78, 5) is 15.7. The molecule has 0 aliphatic rings. The summed E-state index contributed by atoms with van der Waals surface area (Å²) in [5, 5.41) is 0. The van der Waals surface area contributed by atoms with Crippen molar-refractivity contribution in [1.29, 1.82) is 0 Å². The summed E-state index contributed by atoms with van der Waals surface area (Å²) in [6, 6.07) is 3.62. The molecule has 0 atom stereocenters. The summed E-state index contributed by atoms with van der Waals surface area (Å²) in [7, 11) is 1.57. The number of hydrogen-bond acceptors (Lipinski definition) is 5. The molecule has 0 unspecified atom stereocenters. The van der Waals surface area contributed by atoms with Crippen LogP contribution in [0.5, 0.6) is 5.88 Å². The zero-order valence-corrected chi connectivity index (χ0v) is 12.0. The lowest BCUT2D eigenvalue weighted by Crippen LogP contribution is -2.02. The highest BCUT2D eigenvalue weighted by atomic mass is 32.1. The molecule has 100 valence electrons. The van der Waals surface area contributed by atoms with E-state index in [0.29, 0.717) is 28.0 Å². The van der Waals surface area contributed by atoms with Gasteiger partial charge in [-0.3, -0.25) is 0 Å². The van der Waals surface area contributed by atoms with Gasteiger partial charge >= 0.3 is 0 Å². The van der Waals surface area contributed by atoms with E-state index < -0.39 is 0 Å². The van der Waals surface area contributed by atoms with Crippen LogP contribution in [0.4, 0.5) is 0 Å². The number of ether oxygens (including phenoxy) is 1. The molecule has 0 aliphatic heterocycles. The van der Waals surface area contributed by atoms with E-state index in [0.717, 1.165) is 12.1 Å². The van der Waals surface area contributed by atoms with Crippen molar-refractivity contribution in [3.8, 4) is 17.4 Å². The van der Waals surface area contributed by atoms with E-state index >= 15 is 0 Å². The Kier molecular flexibility index (Phi) is 4.21. The van der Waals surface area contributed by atoms with Crippen molar-refractivity contribution in [3.05, 3.63) is 28.8 Å². The summed E-state index contributed by atoms with van der Waals surface area (Å²) >= 11 is 5.20. The minimum atomic E-state index is 0.500. The van der Waals surface area contributed by atoms with Crippen molar-refractivity contribution < 1.29 is 4.74 Å². The maximum atomic E-state index is 5.20. The molecule has 1 N–H and O–H groups in total. The quantitative estimate of drug-likeness (QED) is 0.870. The van der Waals surface area contributed by atoms with Gasteiger partial charge in [0.05, 0.1) is 7.11 Å². The minimum absolute atomic E-state index is 0.500. The largest absolute Gasteiger partial charge is 0.481 e. The highest BCUT2D eigenvalue weighted by Gasteiger charge is 2.07. The third kappa shape index (κ3) is 3.57. The number of nitrogens with zero attached hydrogens (tertiary/aromatic N) is 3. The van der Waals surface area contributed by atoms with E-state index in [-0.39, 0.29) is 0 Å². The number of nitrogens with one attached hydrogen (secondary N) is 1. The third-order valence-corrected chi connectivity index (χ3v) is 2.73. The van der Waals surface area contributed by atoms with E-state index in [2.05, 4.69) is 33.8 Å². The van der Waals surface area contributed by atoms with Gasteiger partial charge in [-0.05, 0) is 18.4 Å². The second-order valence-corrected chi connectivity index (χ2v) is 5.06. The van der Waals surface area contributed by atoms with Gasteiger partial charge in [-0.25, -0.2) is 15.0 Å². The maximum Gasteiger partial charge on any atom is 0.216 e. The van der Waals surface area contributed by atoms with Crippen LogP contribution in [0, 0.1) is 10.6 Å². The van der Waals surface area contributed by atoms with Gasteiger partial charge in [-0.2, -0.15) is 0 Å². The van der Waals surface area contributed by atoms with E-state index in [4.69, 9.17) is 17.0 Å². The zero-order chi connectivity index (χ0) is 13.8. The van der Waals surface area contributed by atoms with Crippen LogP contribution >= 0.6 is 12.2 Å².